The van der Waals surface area contributed by atoms with Gasteiger partial charge in [-0.15, -0.1) is 0 Å². The number of benzene rings is 1. The summed E-state index contributed by atoms with van der Waals surface area (Å²) < 4.78 is 36.6. The molecule has 0 saturated carbocycles. The van der Waals surface area contributed by atoms with E-state index in [1.165, 1.54) is 18.2 Å². The highest BCUT2D eigenvalue weighted by Gasteiger charge is 2.47. The number of amides is 1. The van der Waals surface area contributed by atoms with Gasteiger partial charge in [0.25, 0.3) is 0 Å². The zero-order valence-electron chi connectivity index (χ0n) is 16.2. The minimum absolute atomic E-state index is 0.0451. The molecule has 2 atom stereocenters. The summed E-state index contributed by atoms with van der Waals surface area (Å²) in [6.45, 7) is 10.0. The summed E-state index contributed by atoms with van der Waals surface area (Å²) in [7, 11) is -2.42. The van der Waals surface area contributed by atoms with Crippen LogP contribution in [0.2, 0.25) is 18.1 Å². The first-order valence-corrected chi connectivity index (χ1v) is 11.9. The predicted molar refractivity (Wildman–Crippen MR) is 103 cm³/mol. The first-order valence-electron chi connectivity index (χ1n) is 9.02. The lowest BCUT2D eigenvalue weighted by atomic mass is 10.0. The molecule has 0 spiro atoms. The lowest BCUT2D eigenvalue weighted by molar-refractivity contribution is -0.119. The number of hydrogen-bond donors (Lipinski definition) is 1. The smallest absolute Gasteiger partial charge is 0.301 e. The Morgan fingerprint density at radius 2 is 1.85 bits per heavy atom. The number of carbonyl (C=O) groups excluding carboxylic acids is 1. The number of nitrogens with one attached hydrogen (secondary N) is 1. The topological polar surface area (TPSA) is 38.3 Å². The van der Waals surface area contributed by atoms with E-state index in [0.29, 0.717) is 12.8 Å². The van der Waals surface area contributed by atoms with Crippen molar-refractivity contribution in [2.75, 3.05) is 0 Å². The van der Waals surface area contributed by atoms with Gasteiger partial charge in [-0.25, -0.2) is 0 Å². The van der Waals surface area contributed by atoms with Gasteiger partial charge in [0.1, 0.15) is 6.10 Å². The van der Waals surface area contributed by atoms with Crippen molar-refractivity contribution in [2.24, 2.45) is 0 Å². The molecule has 1 N–H and O–H groups in total. The molecule has 3 nitrogen and oxygen atoms in total. The Hall–Kier alpha value is -1.53. The van der Waals surface area contributed by atoms with E-state index in [1.807, 2.05) is 33.9 Å². The van der Waals surface area contributed by atoms with E-state index in [1.54, 1.807) is 24.3 Å². The van der Waals surface area contributed by atoms with Crippen LogP contribution in [-0.2, 0) is 15.1 Å². The summed E-state index contributed by atoms with van der Waals surface area (Å²) in [5.41, 5.74) is -0.0659. The third-order valence-corrected chi connectivity index (χ3v) is 9.75. The van der Waals surface area contributed by atoms with Crippen molar-refractivity contribution >= 4 is 14.2 Å². The van der Waals surface area contributed by atoms with Crippen molar-refractivity contribution in [3.8, 4) is 0 Å². The predicted octanol–water partition coefficient (Wildman–Crippen LogP) is 5.00. The summed E-state index contributed by atoms with van der Waals surface area (Å²) >= 11 is 0. The fraction of sp³-hybridized carbons (Fsp3) is 0.550. The second kappa shape index (κ2) is 7.60. The minimum atomic E-state index is -3.16. The van der Waals surface area contributed by atoms with E-state index < -0.39 is 20.3 Å². The molecule has 1 aromatic rings. The molecular formula is C20H29F2NO2Si. The van der Waals surface area contributed by atoms with Crippen LogP contribution in [0.15, 0.2) is 42.5 Å². The Kier molecular flexibility index (Phi) is 6.08. The standard InChI is InChI=1S/C20H29F2NO2Si/c1-19(2,3)26(4,5)25-17(13-11-16-12-14-18(24)23-16)20(21,22)15-9-7-6-8-10-15/h6-11,13,16-17H,12,14H2,1-5H3,(H,23,24)/t16-,17+/m0/s1. The first kappa shape index (κ1) is 20.8. The van der Waals surface area contributed by atoms with Crippen molar-refractivity contribution in [1.82, 2.24) is 5.32 Å². The van der Waals surface area contributed by atoms with Gasteiger partial charge in [-0.1, -0.05) is 63.3 Å². The number of hydrogen-bond acceptors (Lipinski definition) is 2. The fourth-order valence-corrected chi connectivity index (χ4v) is 3.79. The average molecular weight is 382 g/mol. The van der Waals surface area contributed by atoms with Gasteiger partial charge in [-0.3, -0.25) is 4.79 Å². The molecule has 1 aromatic carbocycles. The third-order valence-electron chi connectivity index (χ3n) is 5.29. The molecule has 0 aliphatic carbocycles. The van der Waals surface area contributed by atoms with E-state index >= 15 is 8.78 Å². The second-order valence-electron chi connectivity index (χ2n) is 8.39. The van der Waals surface area contributed by atoms with Crippen LogP contribution in [0.5, 0.6) is 0 Å². The SMILES string of the molecule is CC(C)(C)[Si](C)(C)O[C@H](C=C[C@H]1CCC(=O)N1)C(F)(F)c1ccccc1. The third kappa shape index (κ3) is 4.80. The number of carbonyl (C=O) groups is 1. The Labute approximate surface area is 156 Å². The number of halogens is 2. The van der Waals surface area contributed by atoms with Crippen molar-refractivity contribution in [3.05, 3.63) is 48.0 Å². The van der Waals surface area contributed by atoms with E-state index in [0.717, 1.165) is 0 Å². The molecule has 0 radical (unpaired) electrons. The molecule has 1 amide bonds. The maximum absolute atomic E-state index is 15.2. The van der Waals surface area contributed by atoms with Crippen LogP contribution in [0, 0.1) is 0 Å². The van der Waals surface area contributed by atoms with Gasteiger partial charge in [-0.2, -0.15) is 8.78 Å². The number of alkyl halides is 2. The summed E-state index contributed by atoms with van der Waals surface area (Å²) in [6, 6.07) is 7.56. The molecule has 6 heteroatoms. The molecule has 1 saturated heterocycles. The Bertz CT molecular complexity index is 654. The maximum atomic E-state index is 15.2. The lowest BCUT2D eigenvalue weighted by Crippen LogP contribution is -2.47. The van der Waals surface area contributed by atoms with Crippen LogP contribution in [0.3, 0.4) is 0 Å². The normalized spacial score (nSPS) is 20.4. The molecule has 2 rings (SSSR count). The van der Waals surface area contributed by atoms with Gasteiger partial charge >= 0.3 is 5.92 Å². The van der Waals surface area contributed by atoms with Crippen molar-refractivity contribution in [1.29, 1.82) is 0 Å². The first-order chi connectivity index (χ1) is 11.9. The van der Waals surface area contributed by atoms with Crippen molar-refractivity contribution in [3.63, 3.8) is 0 Å². The molecule has 26 heavy (non-hydrogen) atoms. The Morgan fingerprint density at radius 3 is 2.35 bits per heavy atom. The largest absolute Gasteiger partial charge is 0.404 e. The maximum Gasteiger partial charge on any atom is 0.301 e. The molecule has 0 unspecified atom stereocenters. The molecule has 1 aliphatic rings. The van der Waals surface area contributed by atoms with Gasteiger partial charge in [0, 0.05) is 18.0 Å². The van der Waals surface area contributed by atoms with Crippen LogP contribution < -0.4 is 5.32 Å². The number of rotatable bonds is 6. The Morgan fingerprint density at radius 1 is 1.23 bits per heavy atom. The summed E-state index contributed by atoms with van der Waals surface area (Å²) in [6.07, 6.45) is 2.77. The highest BCUT2D eigenvalue weighted by Crippen LogP contribution is 2.42. The lowest BCUT2D eigenvalue weighted by Gasteiger charge is -2.40. The van der Waals surface area contributed by atoms with Gasteiger partial charge in [0.2, 0.25) is 5.91 Å². The molecule has 1 heterocycles. The molecule has 1 fully saturated rings. The van der Waals surface area contributed by atoms with E-state index in [9.17, 15) is 4.79 Å². The highest BCUT2D eigenvalue weighted by molar-refractivity contribution is 6.74. The summed E-state index contributed by atoms with van der Waals surface area (Å²) in [4.78, 5) is 11.4. The van der Waals surface area contributed by atoms with E-state index in [2.05, 4.69) is 5.32 Å². The average Bonchev–Trinajstić information content (AvgIpc) is 2.96. The monoisotopic (exact) mass is 381 g/mol. The van der Waals surface area contributed by atoms with Crippen LogP contribution >= 0.6 is 0 Å². The van der Waals surface area contributed by atoms with Crippen molar-refractivity contribution in [2.45, 2.75) is 69.8 Å². The van der Waals surface area contributed by atoms with Crippen LogP contribution in [-0.4, -0.2) is 26.4 Å². The summed E-state index contributed by atoms with van der Waals surface area (Å²) in [5, 5.41) is 2.59. The van der Waals surface area contributed by atoms with Gasteiger partial charge in [0.05, 0.1) is 0 Å². The zero-order valence-corrected chi connectivity index (χ0v) is 17.2. The quantitative estimate of drug-likeness (QED) is 0.556. The highest BCUT2D eigenvalue weighted by atomic mass is 28.4. The molecular weight excluding hydrogens is 352 g/mol. The van der Waals surface area contributed by atoms with Crippen molar-refractivity contribution < 1.29 is 18.0 Å². The molecule has 144 valence electrons. The van der Waals surface area contributed by atoms with Crippen LogP contribution in [0.25, 0.3) is 0 Å². The molecule has 0 aromatic heterocycles. The molecule has 1 aliphatic heterocycles. The van der Waals surface area contributed by atoms with Gasteiger partial charge in [-0.05, 0) is 24.6 Å². The summed E-state index contributed by atoms with van der Waals surface area (Å²) in [5.74, 6) is -3.20. The van der Waals surface area contributed by atoms with E-state index in [4.69, 9.17) is 4.43 Å². The van der Waals surface area contributed by atoms with Gasteiger partial charge < -0.3 is 9.74 Å². The molecule has 0 bridgehead atoms. The fourth-order valence-electron chi connectivity index (χ4n) is 2.57. The Balaban J connectivity index is 2.32. The van der Waals surface area contributed by atoms with Crippen LogP contribution in [0.1, 0.15) is 39.2 Å². The van der Waals surface area contributed by atoms with Gasteiger partial charge in [0.15, 0.2) is 8.32 Å². The van der Waals surface area contributed by atoms with E-state index in [-0.39, 0.29) is 22.6 Å². The minimum Gasteiger partial charge on any atom is -0.404 e. The second-order valence-corrected chi connectivity index (χ2v) is 13.1. The zero-order chi connectivity index (χ0) is 19.6. The van der Waals surface area contributed by atoms with Crippen LogP contribution in [0.4, 0.5) is 8.78 Å².